The zero-order chi connectivity index (χ0) is 20.6. The molecule has 2 amide bonds. The molecule has 0 spiro atoms. The first-order chi connectivity index (χ1) is 13.2. The zero-order valence-corrected chi connectivity index (χ0v) is 15.1. The van der Waals surface area contributed by atoms with Gasteiger partial charge in [-0.25, -0.2) is 9.18 Å². The molecule has 0 saturated heterocycles. The molecule has 9 heteroatoms. The quantitative estimate of drug-likeness (QED) is 0.496. The molecule has 0 fully saturated rings. The number of aromatic amines is 1. The van der Waals surface area contributed by atoms with Gasteiger partial charge in [0.05, 0.1) is 17.7 Å². The first-order valence-corrected chi connectivity index (χ1v) is 8.40. The van der Waals surface area contributed by atoms with Gasteiger partial charge in [0.2, 0.25) is 0 Å². The highest BCUT2D eigenvalue weighted by atomic mass is 19.1. The van der Waals surface area contributed by atoms with E-state index in [0.29, 0.717) is 28.2 Å². The second-order valence-electron chi connectivity index (χ2n) is 6.43. The van der Waals surface area contributed by atoms with Gasteiger partial charge in [0, 0.05) is 22.6 Å². The standard InChI is InChI=1S/C19H18FN3O5/c1-8-14(6-12-11-5-10(20)3-4-13(11)23-17(12)25)22-9(2)16(8)18(26)21-7-15(24)19(27)28/h3-6,15,22,24H,7H2,1-2H3,(H,21,26)(H,23,25)(H,27,28)/b12-6-. The van der Waals surface area contributed by atoms with Gasteiger partial charge in [-0.2, -0.15) is 0 Å². The second-order valence-corrected chi connectivity index (χ2v) is 6.43. The van der Waals surface area contributed by atoms with E-state index in [-0.39, 0.29) is 17.0 Å². The number of fused-ring (bicyclic) bond motifs is 1. The molecule has 5 N–H and O–H groups in total. The number of nitrogens with one attached hydrogen (secondary N) is 3. The van der Waals surface area contributed by atoms with Crippen LogP contribution in [0.25, 0.3) is 11.6 Å². The largest absolute Gasteiger partial charge is 0.479 e. The van der Waals surface area contributed by atoms with Crippen molar-refractivity contribution < 1.29 is 29.0 Å². The maximum absolute atomic E-state index is 13.6. The monoisotopic (exact) mass is 387 g/mol. The predicted molar refractivity (Wildman–Crippen MR) is 99.1 cm³/mol. The highest BCUT2D eigenvalue weighted by molar-refractivity contribution is 6.34. The van der Waals surface area contributed by atoms with Gasteiger partial charge in [-0.15, -0.1) is 0 Å². The number of anilines is 1. The Morgan fingerprint density at radius 2 is 2.04 bits per heavy atom. The number of rotatable bonds is 5. The van der Waals surface area contributed by atoms with Crippen molar-refractivity contribution in [2.75, 3.05) is 11.9 Å². The van der Waals surface area contributed by atoms with Crippen LogP contribution in [0.15, 0.2) is 18.2 Å². The molecule has 0 bridgehead atoms. The molecule has 1 aliphatic rings. The average Bonchev–Trinajstić information content (AvgIpc) is 3.08. The summed E-state index contributed by atoms with van der Waals surface area (Å²) in [6, 6.07) is 3.98. The number of carboxylic acids is 1. The molecule has 8 nitrogen and oxygen atoms in total. The van der Waals surface area contributed by atoms with Crippen molar-refractivity contribution >= 4 is 35.1 Å². The highest BCUT2D eigenvalue weighted by Gasteiger charge is 2.26. The fourth-order valence-electron chi connectivity index (χ4n) is 3.07. The average molecular weight is 387 g/mol. The number of amides is 2. The summed E-state index contributed by atoms with van der Waals surface area (Å²) in [4.78, 5) is 38.3. The Labute approximate surface area is 159 Å². The van der Waals surface area contributed by atoms with Crippen LogP contribution < -0.4 is 10.6 Å². The van der Waals surface area contributed by atoms with Crippen LogP contribution >= 0.6 is 0 Å². The van der Waals surface area contributed by atoms with Crippen LogP contribution in [0.1, 0.15) is 32.9 Å². The second kappa shape index (κ2) is 7.28. The minimum atomic E-state index is -1.71. The van der Waals surface area contributed by atoms with Crippen LogP contribution in [0.3, 0.4) is 0 Å². The van der Waals surface area contributed by atoms with Crippen LogP contribution in [0.4, 0.5) is 10.1 Å². The third-order valence-electron chi connectivity index (χ3n) is 4.50. The molecule has 0 radical (unpaired) electrons. The summed E-state index contributed by atoms with van der Waals surface area (Å²) in [5.74, 6) is -2.86. The highest BCUT2D eigenvalue weighted by Crippen LogP contribution is 2.34. The van der Waals surface area contributed by atoms with Gasteiger partial charge in [-0.1, -0.05) is 0 Å². The SMILES string of the molecule is Cc1[nH]c(/C=C2\C(=O)Nc3ccc(F)cc32)c(C)c1C(=O)NCC(O)C(=O)O. The summed E-state index contributed by atoms with van der Waals surface area (Å²) in [6.07, 6.45) is -0.176. The Morgan fingerprint density at radius 3 is 2.71 bits per heavy atom. The van der Waals surface area contributed by atoms with E-state index in [1.807, 2.05) is 0 Å². The Morgan fingerprint density at radius 1 is 1.32 bits per heavy atom. The van der Waals surface area contributed by atoms with E-state index in [0.717, 1.165) is 0 Å². The fraction of sp³-hybridized carbons (Fsp3) is 0.211. The number of carboxylic acid groups (broad SMARTS) is 1. The van der Waals surface area contributed by atoms with Crippen LogP contribution in [0, 0.1) is 19.7 Å². The van der Waals surface area contributed by atoms with E-state index >= 15 is 0 Å². The van der Waals surface area contributed by atoms with E-state index in [9.17, 15) is 23.9 Å². The van der Waals surface area contributed by atoms with Gasteiger partial charge in [0.15, 0.2) is 6.10 Å². The minimum absolute atomic E-state index is 0.257. The lowest BCUT2D eigenvalue weighted by Gasteiger charge is -2.08. The molecule has 0 saturated carbocycles. The molecule has 0 aliphatic carbocycles. The first-order valence-electron chi connectivity index (χ1n) is 8.40. The Bertz CT molecular complexity index is 1020. The van der Waals surface area contributed by atoms with Gasteiger partial charge in [-0.05, 0) is 43.7 Å². The smallest absolute Gasteiger partial charge is 0.334 e. The number of carbonyl (C=O) groups excluding carboxylic acids is 2. The van der Waals surface area contributed by atoms with E-state index < -0.39 is 30.3 Å². The van der Waals surface area contributed by atoms with E-state index in [2.05, 4.69) is 15.6 Å². The van der Waals surface area contributed by atoms with Crippen molar-refractivity contribution in [2.45, 2.75) is 20.0 Å². The van der Waals surface area contributed by atoms with Crippen molar-refractivity contribution in [2.24, 2.45) is 0 Å². The van der Waals surface area contributed by atoms with E-state index in [4.69, 9.17) is 5.11 Å². The van der Waals surface area contributed by atoms with Gasteiger partial charge in [0.25, 0.3) is 11.8 Å². The molecule has 1 aliphatic heterocycles. The van der Waals surface area contributed by atoms with Crippen molar-refractivity contribution in [3.8, 4) is 0 Å². The normalized spacial score (nSPS) is 15.3. The minimum Gasteiger partial charge on any atom is -0.479 e. The van der Waals surface area contributed by atoms with Gasteiger partial charge in [-0.3, -0.25) is 9.59 Å². The topological polar surface area (TPSA) is 132 Å². The number of aryl methyl sites for hydroxylation is 1. The molecule has 1 atom stereocenters. The number of aliphatic carboxylic acids is 1. The van der Waals surface area contributed by atoms with E-state index in [1.54, 1.807) is 13.8 Å². The van der Waals surface area contributed by atoms with Crippen LogP contribution in [0.5, 0.6) is 0 Å². The summed E-state index contributed by atoms with van der Waals surface area (Å²) >= 11 is 0. The molecular weight excluding hydrogens is 369 g/mol. The van der Waals surface area contributed by atoms with Crippen molar-refractivity contribution in [3.63, 3.8) is 0 Å². The third-order valence-corrected chi connectivity index (χ3v) is 4.50. The molecule has 3 rings (SSSR count). The molecule has 2 aromatic rings. The molecule has 1 aromatic carbocycles. The maximum Gasteiger partial charge on any atom is 0.334 e. The molecular formula is C19H18FN3O5. The number of benzene rings is 1. The predicted octanol–water partition coefficient (Wildman–Crippen LogP) is 1.44. The summed E-state index contributed by atoms with van der Waals surface area (Å²) in [6.45, 7) is 2.88. The van der Waals surface area contributed by atoms with Crippen LogP contribution in [0.2, 0.25) is 0 Å². The molecule has 2 heterocycles. The number of aliphatic hydroxyl groups excluding tert-OH is 1. The van der Waals surface area contributed by atoms with E-state index in [1.165, 1.54) is 24.3 Å². The number of hydrogen-bond donors (Lipinski definition) is 5. The zero-order valence-electron chi connectivity index (χ0n) is 15.1. The summed E-state index contributed by atoms with van der Waals surface area (Å²) < 4.78 is 13.6. The Balaban J connectivity index is 1.92. The number of H-pyrrole nitrogens is 1. The molecule has 146 valence electrons. The van der Waals surface area contributed by atoms with Crippen LogP contribution in [-0.2, 0) is 9.59 Å². The maximum atomic E-state index is 13.6. The number of aromatic nitrogens is 1. The lowest BCUT2D eigenvalue weighted by molar-refractivity contribution is -0.146. The van der Waals surface area contributed by atoms with Crippen molar-refractivity contribution in [1.82, 2.24) is 10.3 Å². The lowest BCUT2D eigenvalue weighted by atomic mass is 10.0. The summed E-state index contributed by atoms with van der Waals surface area (Å²) in [7, 11) is 0. The van der Waals surface area contributed by atoms with Gasteiger partial charge >= 0.3 is 5.97 Å². The van der Waals surface area contributed by atoms with Crippen molar-refractivity contribution in [1.29, 1.82) is 0 Å². The summed E-state index contributed by atoms with van der Waals surface area (Å²) in [5.41, 5.74) is 2.99. The Kier molecular flexibility index (Phi) is 5.02. The number of carbonyl (C=O) groups is 3. The number of aliphatic hydroxyl groups is 1. The number of halogens is 1. The van der Waals surface area contributed by atoms with Crippen molar-refractivity contribution in [3.05, 3.63) is 52.1 Å². The third kappa shape index (κ3) is 3.52. The fourth-order valence-corrected chi connectivity index (χ4v) is 3.07. The summed E-state index contributed by atoms with van der Waals surface area (Å²) in [5, 5.41) is 23.0. The van der Waals surface area contributed by atoms with Gasteiger partial charge < -0.3 is 25.8 Å². The number of hydrogen-bond acceptors (Lipinski definition) is 4. The van der Waals surface area contributed by atoms with Gasteiger partial charge in [0.1, 0.15) is 5.82 Å². The molecule has 1 unspecified atom stereocenters. The lowest BCUT2D eigenvalue weighted by Crippen LogP contribution is -2.36. The molecule has 1 aromatic heterocycles. The molecule has 28 heavy (non-hydrogen) atoms. The first kappa shape index (κ1) is 19.3. The van der Waals surface area contributed by atoms with Crippen LogP contribution in [-0.4, -0.2) is 45.6 Å². The Hall–Kier alpha value is -3.46.